The van der Waals surface area contributed by atoms with Gasteiger partial charge in [0.25, 0.3) is 0 Å². The summed E-state index contributed by atoms with van der Waals surface area (Å²) in [6.45, 7) is 3.67. The van der Waals surface area contributed by atoms with Crippen LogP contribution in [-0.4, -0.2) is 26.3 Å². The normalized spacial score (nSPS) is 13.2. The smallest absolute Gasteiger partial charge is 0.233 e. The number of benzene rings is 2. The Balaban J connectivity index is 1.59. The zero-order valence-electron chi connectivity index (χ0n) is 14.4. The number of amides is 1. The quantitative estimate of drug-likeness (QED) is 0.644. The molecule has 7 heteroatoms. The van der Waals surface area contributed by atoms with Gasteiger partial charge >= 0.3 is 0 Å². The van der Waals surface area contributed by atoms with E-state index in [4.69, 9.17) is 0 Å². The Morgan fingerprint density at radius 2 is 1.81 bits per heavy atom. The van der Waals surface area contributed by atoms with Crippen molar-refractivity contribution in [2.24, 2.45) is 0 Å². The van der Waals surface area contributed by atoms with Gasteiger partial charge in [0.05, 0.1) is 11.3 Å². The van der Waals surface area contributed by atoms with Gasteiger partial charge in [-0.2, -0.15) is 0 Å². The number of carbonyl (C=O) groups is 1. The minimum absolute atomic E-state index is 0.127. The van der Waals surface area contributed by atoms with Gasteiger partial charge in [0.1, 0.15) is 5.82 Å². The van der Waals surface area contributed by atoms with Crippen LogP contribution >= 0.6 is 11.8 Å². The predicted octanol–water partition coefficient (Wildman–Crippen LogP) is 3.97. The number of carbonyl (C=O) groups excluding carboxylic acids is 1. The summed E-state index contributed by atoms with van der Waals surface area (Å²) in [7, 11) is 0. The summed E-state index contributed by atoms with van der Waals surface area (Å²) in [5.41, 5.74) is 1.79. The van der Waals surface area contributed by atoms with Crippen molar-refractivity contribution in [3.05, 3.63) is 66.0 Å². The number of nitrogens with one attached hydrogen (secondary N) is 2. The Kier molecular flexibility index (Phi) is 5.68. The molecule has 5 nitrogen and oxygen atoms in total. The highest BCUT2D eigenvalue weighted by Gasteiger charge is 2.19. The molecule has 2 N–H and O–H groups in total. The van der Waals surface area contributed by atoms with Crippen LogP contribution in [0.1, 0.15) is 25.5 Å². The molecule has 1 aromatic heterocycles. The molecule has 0 saturated carbocycles. The lowest BCUT2D eigenvalue weighted by atomic mass is 10.1. The number of rotatable bonds is 6. The zero-order chi connectivity index (χ0) is 18.5. The summed E-state index contributed by atoms with van der Waals surface area (Å²) in [5, 5.41) is 10.1. The largest absolute Gasteiger partial charge is 0.349 e. The maximum absolute atomic E-state index is 13.0. The summed E-state index contributed by atoms with van der Waals surface area (Å²) in [6.07, 6.45) is 0. The van der Waals surface area contributed by atoms with E-state index in [9.17, 15) is 9.18 Å². The first-order valence-corrected chi connectivity index (χ1v) is 9.11. The second-order valence-electron chi connectivity index (χ2n) is 5.87. The van der Waals surface area contributed by atoms with E-state index in [1.807, 2.05) is 37.3 Å². The standard InChI is InChI=1S/C19H19FN4OS/c1-12(14-8-10-16(20)11-9-14)21-18(25)13(2)26-19-22-17(23-24-19)15-6-4-3-5-7-15/h3-13H,1-2H3,(H,21,25)(H,22,23,24)/t12-,13-/m1/s1. The molecule has 0 saturated heterocycles. The molecule has 3 aromatic rings. The fourth-order valence-corrected chi connectivity index (χ4v) is 3.14. The van der Waals surface area contributed by atoms with Gasteiger partial charge in [-0.25, -0.2) is 9.37 Å². The van der Waals surface area contributed by atoms with Gasteiger partial charge < -0.3 is 5.32 Å². The van der Waals surface area contributed by atoms with E-state index in [0.29, 0.717) is 11.0 Å². The molecule has 2 atom stereocenters. The summed E-state index contributed by atoms with van der Waals surface area (Å²) in [5.74, 6) is 0.244. The Morgan fingerprint density at radius 1 is 1.12 bits per heavy atom. The summed E-state index contributed by atoms with van der Waals surface area (Å²) >= 11 is 1.28. The van der Waals surface area contributed by atoms with Gasteiger partial charge in [-0.15, -0.1) is 5.10 Å². The number of hydrogen-bond acceptors (Lipinski definition) is 4. The van der Waals surface area contributed by atoms with Crippen molar-refractivity contribution in [1.29, 1.82) is 0 Å². The topological polar surface area (TPSA) is 70.7 Å². The minimum atomic E-state index is -0.364. The fraction of sp³-hybridized carbons (Fsp3) is 0.211. The highest BCUT2D eigenvalue weighted by molar-refractivity contribution is 8.00. The van der Waals surface area contributed by atoms with Crippen molar-refractivity contribution in [2.45, 2.75) is 30.3 Å². The molecular weight excluding hydrogens is 351 g/mol. The van der Waals surface area contributed by atoms with Gasteiger partial charge in [0, 0.05) is 5.56 Å². The molecule has 2 aromatic carbocycles. The number of nitrogens with zero attached hydrogens (tertiary/aromatic N) is 2. The lowest BCUT2D eigenvalue weighted by Gasteiger charge is -2.17. The molecule has 0 aliphatic heterocycles. The van der Waals surface area contributed by atoms with Gasteiger partial charge in [-0.1, -0.05) is 54.2 Å². The van der Waals surface area contributed by atoms with Crippen LogP contribution in [0, 0.1) is 5.82 Å². The van der Waals surface area contributed by atoms with Crippen LogP contribution in [0.5, 0.6) is 0 Å². The molecule has 0 radical (unpaired) electrons. The number of H-pyrrole nitrogens is 1. The third-order valence-electron chi connectivity index (χ3n) is 3.89. The molecule has 3 rings (SSSR count). The molecule has 1 amide bonds. The van der Waals surface area contributed by atoms with Crippen LogP contribution in [0.4, 0.5) is 4.39 Å². The third kappa shape index (κ3) is 4.49. The summed E-state index contributed by atoms with van der Waals surface area (Å²) < 4.78 is 13.0. The SMILES string of the molecule is C[C@@H](Sc1n[nH]c(-c2ccccc2)n1)C(=O)N[C@H](C)c1ccc(F)cc1. The number of aromatic nitrogens is 3. The van der Waals surface area contributed by atoms with Gasteiger partial charge in [-0.3, -0.25) is 9.89 Å². The predicted molar refractivity (Wildman–Crippen MR) is 100 cm³/mol. The lowest BCUT2D eigenvalue weighted by Crippen LogP contribution is -2.33. The molecule has 0 aliphatic rings. The van der Waals surface area contributed by atoms with Crippen molar-refractivity contribution >= 4 is 17.7 Å². The van der Waals surface area contributed by atoms with Gasteiger partial charge in [-0.05, 0) is 31.5 Å². The third-order valence-corrected chi connectivity index (χ3v) is 4.85. The van der Waals surface area contributed by atoms with E-state index in [2.05, 4.69) is 20.5 Å². The molecule has 0 fully saturated rings. The summed E-state index contributed by atoms with van der Waals surface area (Å²) in [4.78, 5) is 16.8. The van der Waals surface area contributed by atoms with Crippen LogP contribution < -0.4 is 5.32 Å². The molecule has 0 spiro atoms. The van der Waals surface area contributed by atoms with Crippen LogP contribution in [0.25, 0.3) is 11.4 Å². The highest BCUT2D eigenvalue weighted by atomic mass is 32.2. The average Bonchev–Trinajstić information content (AvgIpc) is 3.11. The maximum atomic E-state index is 13.0. The van der Waals surface area contributed by atoms with Crippen molar-refractivity contribution in [2.75, 3.05) is 0 Å². The summed E-state index contributed by atoms with van der Waals surface area (Å²) in [6, 6.07) is 15.6. The first kappa shape index (κ1) is 18.1. The number of halogens is 1. The van der Waals surface area contributed by atoms with Crippen molar-refractivity contribution in [3.8, 4) is 11.4 Å². The Morgan fingerprint density at radius 3 is 2.50 bits per heavy atom. The molecule has 0 unspecified atom stereocenters. The van der Waals surface area contributed by atoms with Crippen molar-refractivity contribution in [3.63, 3.8) is 0 Å². The van der Waals surface area contributed by atoms with E-state index < -0.39 is 0 Å². The van der Waals surface area contributed by atoms with Crippen LogP contribution in [0.15, 0.2) is 59.8 Å². The van der Waals surface area contributed by atoms with E-state index in [1.165, 1.54) is 23.9 Å². The minimum Gasteiger partial charge on any atom is -0.349 e. The number of thioether (sulfide) groups is 1. The van der Waals surface area contributed by atoms with Gasteiger partial charge in [0.15, 0.2) is 5.82 Å². The van der Waals surface area contributed by atoms with Crippen LogP contribution in [0.2, 0.25) is 0 Å². The molecular formula is C19H19FN4OS. The Bertz CT molecular complexity index is 867. The molecule has 26 heavy (non-hydrogen) atoms. The Labute approximate surface area is 155 Å². The van der Waals surface area contributed by atoms with Crippen LogP contribution in [0.3, 0.4) is 0 Å². The fourth-order valence-electron chi connectivity index (χ4n) is 2.40. The molecule has 0 aliphatic carbocycles. The van der Waals surface area contributed by atoms with Crippen LogP contribution in [-0.2, 0) is 4.79 Å². The number of hydrogen-bond donors (Lipinski definition) is 2. The molecule has 134 valence electrons. The molecule has 1 heterocycles. The second kappa shape index (κ2) is 8.14. The highest BCUT2D eigenvalue weighted by Crippen LogP contribution is 2.23. The van der Waals surface area contributed by atoms with Gasteiger partial charge in [0.2, 0.25) is 11.1 Å². The lowest BCUT2D eigenvalue weighted by molar-refractivity contribution is -0.120. The maximum Gasteiger partial charge on any atom is 0.233 e. The van der Waals surface area contributed by atoms with E-state index in [0.717, 1.165) is 11.1 Å². The first-order chi connectivity index (χ1) is 12.5. The van der Waals surface area contributed by atoms with Crippen molar-refractivity contribution < 1.29 is 9.18 Å². The van der Waals surface area contributed by atoms with E-state index in [1.54, 1.807) is 19.1 Å². The zero-order valence-corrected chi connectivity index (χ0v) is 15.3. The number of aromatic amines is 1. The van der Waals surface area contributed by atoms with E-state index in [-0.39, 0.29) is 23.0 Å². The second-order valence-corrected chi connectivity index (χ2v) is 7.18. The average molecular weight is 370 g/mol. The Hall–Kier alpha value is -2.67. The monoisotopic (exact) mass is 370 g/mol. The van der Waals surface area contributed by atoms with E-state index >= 15 is 0 Å². The van der Waals surface area contributed by atoms with Crippen molar-refractivity contribution in [1.82, 2.24) is 20.5 Å². The molecule has 0 bridgehead atoms. The first-order valence-electron chi connectivity index (χ1n) is 8.23.